The number of amides is 2. The average molecular weight is 495 g/mol. The molecule has 2 bridgehead atoms. The maximum atomic E-state index is 13.5. The SMILES string of the molecule is COC(=O)C12CCC(CNC(=O)c3cc(C(=O)NCc4ccc(F)c(C)c4)nc4ncnn34)(CC1)C2. The predicted molar refractivity (Wildman–Crippen MR) is 125 cm³/mol. The lowest BCUT2D eigenvalue weighted by molar-refractivity contribution is -0.152. The number of carbonyl (C=O) groups excluding carboxylic acids is 3. The minimum absolute atomic E-state index is 0.0177. The van der Waals surface area contributed by atoms with Gasteiger partial charge in [-0.25, -0.2) is 9.37 Å². The molecule has 0 spiro atoms. The van der Waals surface area contributed by atoms with E-state index in [1.807, 2.05) is 0 Å². The summed E-state index contributed by atoms with van der Waals surface area (Å²) in [5, 5.41) is 9.80. The number of ether oxygens (including phenoxy) is 1. The molecule has 2 heterocycles. The van der Waals surface area contributed by atoms with Gasteiger partial charge in [0.25, 0.3) is 17.6 Å². The van der Waals surface area contributed by atoms with Gasteiger partial charge in [0.2, 0.25) is 0 Å². The third kappa shape index (κ3) is 4.18. The van der Waals surface area contributed by atoms with E-state index < -0.39 is 17.2 Å². The normalized spacial score (nSPS) is 22.5. The Morgan fingerprint density at radius 3 is 2.61 bits per heavy atom. The largest absolute Gasteiger partial charge is 0.469 e. The van der Waals surface area contributed by atoms with Crippen LogP contribution in [0, 0.1) is 23.6 Å². The zero-order chi connectivity index (χ0) is 25.5. The predicted octanol–water partition coefficient (Wildman–Crippen LogP) is 2.36. The highest BCUT2D eigenvalue weighted by molar-refractivity contribution is 5.98. The lowest BCUT2D eigenvalue weighted by Crippen LogP contribution is -2.36. The Hall–Kier alpha value is -3.89. The molecule has 0 saturated heterocycles. The molecule has 36 heavy (non-hydrogen) atoms. The van der Waals surface area contributed by atoms with Crippen LogP contribution in [-0.4, -0.2) is 51.0 Å². The first kappa shape index (κ1) is 23.8. The van der Waals surface area contributed by atoms with Crippen LogP contribution < -0.4 is 10.6 Å². The van der Waals surface area contributed by atoms with Gasteiger partial charge in [-0.1, -0.05) is 12.1 Å². The van der Waals surface area contributed by atoms with Gasteiger partial charge in [-0.15, -0.1) is 0 Å². The first-order valence-electron chi connectivity index (χ1n) is 11.8. The van der Waals surface area contributed by atoms with E-state index in [-0.39, 0.29) is 40.9 Å². The maximum Gasteiger partial charge on any atom is 0.311 e. The number of fused-ring (bicyclic) bond motifs is 3. The molecular weight excluding hydrogens is 467 g/mol. The summed E-state index contributed by atoms with van der Waals surface area (Å²) in [6, 6.07) is 5.98. The third-order valence-electron chi connectivity index (χ3n) is 7.62. The van der Waals surface area contributed by atoms with Gasteiger partial charge >= 0.3 is 5.97 Å². The lowest BCUT2D eigenvalue weighted by atomic mass is 9.82. The fourth-order valence-corrected chi connectivity index (χ4v) is 5.60. The number of esters is 1. The maximum absolute atomic E-state index is 13.5. The fraction of sp³-hybridized carbons (Fsp3) is 0.440. The Balaban J connectivity index is 1.30. The number of carbonyl (C=O) groups is 3. The van der Waals surface area contributed by atoms with Crippen LogP contribution in [0.1, 0.15) is 64.2 Å². The number of nitrogens with one attached hydrogen (secondary N) is 2. The summed E-state index contributed by atoms with van der Waals surface area (Å²) >= 11 is 0. The number of aryl methyl sites for hydroxylation is 1. The summed E-state index contributed by atoms with van der Waals surface area (Å²) in [6.45, 7) is 2.23. The van der Waals surface area contributed by atoms with Crippen molar-refractivity contribution in [2.75, 3.05) is 13.7 Å². The molecule has 10 nitrogen and oxygen atoms in total. The Bertz CT molecular complexity index is 1360. The molecule has 2 amide bonds. The average Bonchev–Trinajstić information content (AvgIpc) is 3.61. The minimum Gasteiger partial charge on any atom is -0.469 e. The number of benzene rings is 1. The first-order chi connectivity index (χ1) is 17.2. The molecule has 2 aliphatic rings. The topological polar surface area (TPSA) is 128 Å². The monoisotopic (exact) mass is 494 g/mol. The van der Waals surface area contributed by atoms with Gasteiger partial charge in [-0.2, -0.15) is 14.6 Å². The van der Waals surface area contributed by atoms with E-state index in [1.165, 1.54) is 30.1 Å². The van der Waals surface area contributed by atoms with Crippen LogP contribution >= 0.6 is 0 Å². The van der Waals surface area contributed by atoms with E-state index in [4.69, 9.17) is 4.74 Å². The summed E-state index contributed by atoms with van der Waals surface area (Å²) < 4.78 is 19.8. The number of halogens is 1. The Morgan fingerprint density at radius 2 is 1.89 bits per heavy atom. The van der Waals surface area contributed by atoms with Gasteiger partial charge in [0.1, 0.15) is 23.5 Å². The van der Waals surface area contributed by atoms with Crippen molar-refractivity contribution in [2.45, 2.75) is 45.6 Å². The number of aromatic nitrogens is 4. The standard InChI is InChI=1S/C25H27FN6O4/c1-15-9-16(3-4-17(15)26)11-27-20(33)18-10-19(32-23(31-18)29-14-30-32)21(34)28-13-24-5-7-25(12-24,8-6-24)22(35)36-2/h3-4,9-10,14H,5-8,11-13H2,1-2H3,(H,27,33)(H,28,34). The molecular formula is C25H27FN6O4. The van der Waals surface area contributed by atoms with Crippen molar-refractivity contribution in [1.82, 2.24) is 30.2 Å². The van der Waals surface area contributed by atoms with Crippen molar-refractivity contribution in [3.05, 3.63) is 58.9 Å². The van der Waals surface area contributed by atoms with Crippen LogP contribution in [0.4, 0.5) is 4.39 Å². The van der Waals surface area contributed by atoms with Crippen LogP contribution in [0.5, 0.6) is 0 Å². The van der Waals surface area contributed by atoms with Gasteiger partial charge in [0.05, 0.1) is 12.5 Å². The van der Waals surface area contributed by atoms with Crippen LogP contribution in [0.2, 0.25) is 0 Å². The summed E-state index contributed by atoms with van der Waals surface area (Å²) in [5.41, 5.74) is 0.780. The van der Waals surface area contributed by atoms with Gasteiger partial charge in [0, 0.05) is 19.2 Å². The molecule has 2 aliphatic carbocycles. The van der Waals surface area contributed by atoms with Crippen molar-refractivity contribution in [1.29, 1.82) is 0 Å². The van der Waals surface area contributed by atoms with Gasteiger partial charge in [0.15, 0.2) is 0 Å². The zero-order valence-corrected chi connectivity index (χ0v) is 20.1. The van der Waals surface area contributed by atoms with E-state index in [0.717, 1.165) is 31.2 Å². The second kappa shape index (κ2) is 8.96. The molecule has 2 N–H and O–H groups in total. The molecule has 0 unspecified atom stereocenters. The molecule has 2 saturated carbocycles. The number of rotatable bonds is 7. The molecule has 188 valence electrons. The van der Waals surface area contributed by atoms with Crippen LogP contribution in [-0.2, 0) is 16.1 Å². The van der Waals surface area contributed by atoms with Crippen molar-refractivity contribution in [2.24, 2.45) is 10.8 Å². The van der Waals surface area contributed by atoms with E-state index in [0.29, 0.717) is 18.5 Å². The summed E-state index contributed by atoms with van der Waals surface area (Å²) in [4.78, 5) is 46.6. The lowest BCUT2D eigenvalue weighted by Gasteiger charge is -2.27. The minimum atomic E-state index is -0.496. The third-order valence-corrected chi connectivity index (χ3v) is 7.62. The molecule has 2 fully saturated rings. The van der Waals surface area contributed by atoms with Gasteiger partial charge in [-0.3, -0.25) is 14.4 Å². The fourth-order valence-electron chi connectivity index (χ4n) is 5.60. The van der Waals surface area contributed by atoms with Crippen molar-refractivity contribution in [3.63, 3.8) is 0 Å². The van der Waals surface area contributed by atoms with Crippen LogP contribution in [0.3, 0.4) is 0 Å². The van der Waals surface area contributed by atoms with Crippen molar-refractivity contribution >= 4 is 23.6 Å². The molecule has 2 aromatic heterocycles. The Kier molecular flexibility index (Phi) is 5.93. The second-order valence-corrected chi connectivity index (χ2v) is 9.90. The highest BCUT2D eigenvalue weighted by atomic mass is 19.1. The summed E-state index contributed by atoms with van der Waals surface area (Å²) in [7, 11) is 1.42. The molecule has 11 heteroatoms. The Labute approximate surface area is 206 Å². The number of hydrogen-bond acceptors (Lipinski definition) is 7. The first-order valence-corrected chi connectivity index (χ1v) is 11.8. The molecule has 0 radical (unpaired) electrons. The number of methoxy groups -OCH3 is 1. The van der Waals surface area contributed by atoms with Crippen LogP contribution in [0.15, 0.2) is 30.6 Å². The van der Waals surface area contributed by atoms with E-state index in [1.54, 1.807) is 19.1 Å². The number of nitrogens with zero attached hydrogens (tertiary/aromatic N) is 4. The molecule has 3 aromatic rings. The molecule has 0 atom stereocenters. The Morgan fingerprint density at radius 1 is 1.11 bits per heavy atom. The van der Waals surface area contributed by atoms with Gasteiger partial charge in [-0.05, 0) is 61.6 Å². The summed E-state index contributed by atoms with van der Waals surface area (Å²) in [5.74, 6) is -1.27. The van der Waals surface area contributed by atoms with E-state index in [2.05, 4.69) is 25.7 Å². The van der Waals surface area contributed by atoms with Gasteiger partial charge < -0.3 is 15.4 Å². The highest BCUT2D eigenvalue weighted by Crippen LogP contribution is 2.61. The molecule has 1 aromatic carbocycles. The zero-order valence-electron chi connectivity index (χ0n) is 20.1. The molecule has 5 rings (SSSR count). The van der Waals surface area contributed by atoms with E-state index >= 15 is 0 Å². The van der Waals surface area contributed by atoms with Crippen molar-refractivity contribution in [3.8, 4) is 0 Å². The van der Waals surface area contributed by atoms with E-state index in [9.17, 15) is 18.8 Å². The molecule has 0 aliphatic heterocycles. The quantitative estimate of drug-likeness (QED) is 0.483. The number of hydrogen-bond donors (Lipinski definition) is 2. The van der Waals surface area contributed by atoms with Crippen LogP contribution in [0.25, 0.3) is 5.78 Å². The smallest absolute Gasteiger partial charge is 0.311 e. The van der Waals surface area contributed by atoms with Crippen molar-refractivity contribution < 1.29 is 23.5 Å². The highest BCUT2D eigenvalue weighted by Gasteiger charge is 2.58. The second-order valence-electron chi connectivity index (χ2n) is 9.90. The summed E-state index contributed by atoms with van der Waals surface area (Å²) in [6.07, 6.45) is 5.16.